The highest BCUT2D eigenvalue weighted by molar-refractivity contribution is 5.95. The Morgan fingerprint density at radius 1 is 1.18 bits per heavy atom. The maximum atomic E-state index is 12.8. The highest BCUT2D eigenvalue weighted by atomic mass is 16.7. The molecule has 0 amide bonds. The quantitative estimate of drug-likeness (QED) is 0.164. The van der Waals surface area contributed by atoms with Crippen LogP contribution in [0.1, 0.15) is 56.2 Å². The number of aromatic nitrogens is 1. The number of carbonyl (C=O) groups is 1. The molecule has 0 atom stereocenters. The van der Waals surface area contributed by atoms with Crippen LogP contribution in [0.25, 0.3) is 6.08 Å². The summed E-state index contributed by atoms with van der Waals surface area (Å²) in [6.45, 7) is 5.18. The van der Waals surface area contributed by atoms with E-state index >= 15 is 0 Å². The molecule has 0 unspecified atom stereocenters. The average Bonchev–Trinajstić information content (AvgIpc) is 3.32. The van der Waals surface area contributed by atoms with Gasteiger partial charge in [-0.3, -0.25) is 4.98 Å². The zero-order chi connectivity index (χ0) is 24.2. The molecule has 0 radical (unpaired) electrons. The van der Waals surface area contributed by atoms with Crippen molar-refractivity contribution in [3.8, 4) is 17.2 Å². The fourth-order valence-corrected chi connectivity index (χ4v) is 3.97. The molecular weight excluding hydrogens is 434 g/mol. The van der Waals surface area contributed by atoms with E-state index in [1.54, 1.807) is 13.3 Å². The standard InChI is InChI=1S/C27H35NO6/c1-4-31-26-23(25-21(13-15-33-25)17-24(26)34-19-30-3)16-22(27(29)32-5-2)12-8-6-7-10-20-11-9-14-28-18-20/h9,11,14,16-18H,4-8,10,12-13,15,19H2,1-3H3/b22-16+. The molecule has 0 saturated carbocycles. The lowest BCUT2D eigenvalue weighted by atomic mass is 9.99. The predicted molar refractivity (Wildman–Crippen MR) is 130 cm³/mol. The van der Waals surface area contributed by atoms with Gasteiger partial charge in [-0.2, -0.15) is 0 Å². The maximum absolute atomic E-state index is 12.8. The Morgan fingerprint density at radius 3 is 2.79 bits per heavy atom. The number of hydrogen-bond donors (Lipinski definition) is 0. The van der Waals surface area contributed by atoms with E-state index in [0.717, 1.165) is 49.0 Å². The molecule has 0 fully saturated rings. The number of esters is 1. The molecule has 0 spiro atoms. The summed E-state index contributed by atoms with van der Waals surface area (Å²) < 4.78 is 28.2. The number of pyridine rings is 1. The van der Waals surface area contributed by atoms with Crippen molar-refractivity contribution in [2.75, 3.05) is 33.7 Å². The fraction of sp³-hybridized carbons (Fsp3) is 0.481. The molecule has 0 saturated heterocycles. The summed E-state index contributed by atoms with van der Waals surface area (Å²) in [5.41, 5.74) is 3.58. The lowest BCUT2D eigenvalue weighted by Crippen LogP contribution is -2.09. The number of benzene rings is 1. The molecule has 184 valence electrons. The highest BCUT2D eigenvalue weighted by Crippen LogP contribution is 2.44. The molecule has 0 aliphatic carbocycles. The molecule has 2 aromatic rings. The number of ether oxygens (including phenoxy) is 5. The third-order valence-electron chi connectivity index (χ3n) is 5.54. The highest BCUT2D eigenvalue weighted by Gasteiger charge is 2.25. The Labute approximate surface area is 202 Å². The SMILES string of the molecule is CCOC(=O)/C(=C/c1c2c(cc(OCOC)c1OCC)CCO2)CCCCCc1cccnc1. The molecule has 7 nitrogen and oxygen atoms in total. The van der Waals surface area contributed by atoms with Crippen LogP contribution < -0.4 is 14.2 Å². The van der Waals surface area contributed by atoms with Gasteiger partial charge in [-0.1, -0.05) is 12.5 Å². The van der Waals surface area contributed by atoms with Gasteiger partial charge in [0.2, 0.25) is 0 Å². The van der Waals surface area contributed by atoms with Crippen molar-refractivity contribution in [3.05, 3.63) is 52.9 Å². The van der Waals surface area contributed by atoms with Gasteiger partial charge < -0.3 is 23.7 Å². The third-order valence-corrected chi connectivity index (χ3v) is 5.54. The summed E-state index contributed by atoms with van der Waals surface area (Å²) in [5.74, 6) is 1.57. The van der Waals surface area contributed by atoms with E-state index in [9.17, 15) is 4.79 Å². The van der Waals surface area contributed by atoms with Crippen LogP contribution in [0.15, 0.2) is 36.2 Å². The third kappa shape index (κ3) is 6.97. The zero-order valence-corrected chi connectivity index (χ0v) is 20.4. The van der Waals surface area contributed by atoms with Crippen LogP contribution in [-0.2, 0) is 27.1 Å². The monoisotopic (exact) mass is 469 g/mol. The first-order chi connectivity index (χ1) is 16.7. The Morgan fingerprint density at radius 2 is 2.06 bits per heavy atom. The maximum Gasteiger partial charge on any atom is 0.334 e. The first kappa shape index (κ1) is 25.6. The van der Waals surface area contributed by atoms with Gasteiger partial charge in [0.15, 0.2) is 18.3 Å². The fourth-order valence-electron chi connectivity index (χ4n) is 3.97. The van der Waals surface area contributed by atoms with Crippen molar-refractivity contribution in [2.45, 2.75) is 52.4 Å². The molecule has 34 heavy (non-hydrogen) atoms. The summed E-state index contributed by atoms with van der Waals surface area (Å²) in [6.07, 6.45) is 10.8. The number of aryl methyl sites for hydroxylation is 1. The smallest absolute Gasteiger partial charge is 0.334 e. The minimum absolute atomic E-state index is 0.102. The van der Waals surface area contributed by atoms with E-state index in [-0.39, 0.29) is 12.8 Å². The molecule has 1 aromatic heterocycles. The summed E-state index contributed by atoms with van der Waals surface area (Å²) >= 11 is 0. The minimum Gasteiger partial charge on any atom is -0.492 e. The van der Waals surface area contributed by atoms with Crippen LogP contribution in [0.5, 0.6) is 17.2 Å². The lowest BCUT2D eigenvalue weighted by Gasteiger charge is -2.18. The van der Waals surface area contributed by atoms with Crippen LogP contribution >= 0.6 is 0 Å². The molecule has 7 heteroatoms. The molecule has 2 heterocycles. The molecule has 0 N–H and O–H groups in total. The molecule has 0 bridgehead atoms. The van der Waals surface area contributed by atoms with Crippen molar-refractivity contribution < 1.29 is 28.5 Å². The minimum atomic E-state index is -0.313. The molecule has 3 rings (SSSR count). The largest absolute Gasteiger partial charge is 0.492 e. The number of rotatable bonds is 14. The van der Waals surface area contributed by atoms with Crippen molar-refractivity contribution in [3.63, 3.8) is 0 Å². The zero-order valence-electron chi connectivity index (χ0n) is 20.4. The number of methoxy groups -OCH3 is 1. The van der Waals surface area contributed by atoms with Crippen molar-refractivity contribution in [1.82, 2.24) is 4.98 Å². The van der Waals surface area contributed by atoms with Gasteiger partial charge in [-0.25, -0.2) is 4.79 Å². The lowest BCUT2D eigenvalue weighted by molar-refractivity contribution is -0.138. The van der Waals surface area contributed by atoms with Gasteiger partial charge in [0.25, 0.3) is 0 Å². The Kier molecular flexibility index (Phi) is 10.2. The van der Waals surface area contributed by atoms with Crippen molar-refractivity contribution >= 4 is 12.0 Å². The molecule has 1 aromatic carbocycles. The van der Waals surface area contributed by atoms with E-state index in [4.69, 9.17) is 23.7 Å². The van der Waals surface area contributed by atoms with E-state index in [2.05, 4.69) is 11.1 Å². The Bertz CT molecular complexity index is 957. The van der Waals surface area contributed by atoms with Crippen molar-refractivity contribution in [1.29, 1.82) is 0 Å². The second kappa shape index (κ2) is 13.6. The molecular formula is C27H35NO6. The predicted octanol–water partition coefficient (Wildman–Crippen LogP) is 5.15. The number of carbonyl (C=O) groups excluding carboxylic acids is 1. The van der Waals surface area contributed by atoms with E-state index in [1.165, 1.54) is 5.56 Å². The Balaban J connectivity index is 1.82. The van der Waals surface area contributed by atoms with Gasteiger partial charge in [0, 0.05) is 37.1 Å². The summed E-state index contributed by atoms with van der Waals surface area (Å²) in [5, 5.41) is 0. The van der Waals surface area contributed by atoms with Crippen LogP contribution in [0.3, 0.4) is 0 Å². The Hall–Kier alpha value is -3.06. The average molecular weight is 470 g/mol. The van der Waals surface area contributed by atoms with Gasteiger partial charge >= 0.3 is 5.97 Å². The topological polar surface area (TPSA) is 76.1 Å². The van der Waals surface area contributed by atoms with Gasteiger partial charge in [-0.15, -0.1) is 0 Å². The molecule has 1 aliphatic heterocycles. The van der Waals surface area contributed by atoms with Crippen LogP contribution in [0.4, 0.5) is 0 Å². The first-order valence-electron chi connectivity index (χ1n) is 12.0. The summed E-state index contributed by atoms with van der Waals surface area (Å²) in [4.78, 5) is 17.0. The summed E-state index contributed by atoms with van der Waals surface area (Å²) in [7, 11) is 1.57. The second-order valence-electron chi connectivity index (χ2n) is 8.00. The van der Waals surface area contributed by atoms with Crippen LogP contribution in [0, 0.1) is 0 Å². The van der Waals surface area contributed by atoms with Gasteiger partial charge in [0.05, 0.1) is 25.4 Å². The number of hydrogen-bond acceptors (Lipinski definition) is 7. The normalized spacial score (nSPS) is 12.7. The number of nitrogens with zero attached hydrogens (tertiary/aromatic N) is 1. The summed E-state index contributed by atoms with van der Waals surface area (Å²) in [6, 6.07) is 5.98. The van der Waals surface area contributed by atoms with E-state index in [1.807, 2.05) is 38.3 Å². The molecule has 1 aliphatic rings. The van der Waals surface area contributed by atoms with E-state index < -0.39 is 0 Å². The van der Waals surface area contributed by atoms with Gasteiger partial charge in [-0.05, 0) is 63.3 Å². The second-order valence-corrected chi connectivity index (χ2v) is 8.00. The van der Waals surface area contributed by atoms with E-state index in [0.29, 0.717) is 43.3 Å². The van der Waals surface area contributed by atoms with Gasteiger partial charge in [0.1, 0.15) is 5.75 Å². The number of fused-ring (bicyclic) bond motifs is 1. The first-order valence-corrected chi connectivity index (χ1v) is 12.0. The van der Waals surface area contributed by atoms with Crippen molar-refractivity contribution in [2.24, 2.45) is 0 Å². The van der Waals surface area contributed by atoms with Crippen LogP contribution in [-0.4, -0.2) is 44.7 Å². The number of unbranched alkanes of at least 4 members (excludes halogenated alkanes) is 2. The van der Waals surface area contributed by atoms with Crippen LogP contribution in [0.2, 0.25) is 0 Å².